The van der Waals surface area contributed by atoms with E-state index in [2.05, 4.69) is 0 Å². The van der Waals surface area contributed by atoms with Gasteiger partial charge in [-0.25, -0.2) is 12.8 Å². The number of hydrogen-bond donors (Lipinski definition) is 1. The summed E-state index contributed by atoms with van der Waals surface area (Å²) in [7, 11) is -3.77. The zero-order chi connectivity index (χ0) is 15.5. The molecule has 20 heavy (non-hydrogen) atoms. The zero-order valence-corrected chi connectivity index (χ0v) is 13.4. The van der Waals surface area contributed by atoms with Crippen LogP contribution in [0.3, 0.4) is 0 Å². The second-order valence-corrected chi connectivity index (χ2v) is 7.22. The van der Waals surface area contributed by atoms with Crippen LogP contribution in [-0.4, -0.2) is 30.3 Å². The molecular formula is C13H19FN2O2S2. The van der Waals surface area contributed by atoms with Gasteiger partial charge in [-0.1, -0.05) is 18.3 Å². The molecule has 4 nitrogen and oxygen atoms in total. The minimum absolute atomic E-state index is 0.0193. The number of sulfonamides is 1. The molecule has 0 spiro atoms. The quantitative estimate of drug-likeness (QED) is 0.817. The van der Waals surface area contributed by atoms with Gasteiger partial charge in [0.2, 0.25) is 10.0 Å². The first-order valence-corrected chi connectivity index (χ1v) is 8.07. The number of nitrogens with zero attached hydrogens (tertiary/aromatic N) is 1. The molecule has 0 bridgehead atoms. The molecule has 0 aliphatic rings. The summed E-state index contributed by atoms with van der Waals surface area (Å²) in [5.41, 5.74) is 5.93. The lowest BCUT2D eigenvalue weighted by Crippen LogP contribution is -2.39. The third-order valence-corrected chi connectivity index (χ3v) is 5.31. The molecule has 0 aliphatic heterocycles. The van der Waals surface area contributed by atoms with Gasteiger partial charge in [0, 0.05) is 19.0 Å². The molecule has 0 aliphatic carbocycles. The van der Waals surface area contributed by atoms with Gasteiger partial charge < -0.3 is 5.73 Å². The van der Waals surface area contributed by atoms with Crippen LogP contribution in [0.25, 0.3) is 0 Å². The van der Waals surface area contributed by atoms with E-state index in [9.17, 15) is 12.8 Å². The summed E-state index contributed by atoms with van der Waals surface area (Å²) in [4.78, 5) is 0.232. The third-order valence-electron chi connectivity index (χ3n) is 2.89. The van der Waals surface area contributed by atoms with Crippen LogP contribution < -0.4 is 5.73 Å². The topological polar surface area (TPSA) is 63.4 Å². The highest BCUT2D eigenvalue weighted by Gasteiger charge is 2.28. The van der Waals surface area contributed by atoms with E-state index >= 15 is 0 Å². The summed E-state index contributed by atoms with van der Waals surface area (Å²) < 4.78 is 39.9. The number of benzene rings is 1. The SMILES string of the molecule is Cc1ccc(F)cc1S(=O)(=O)N(CCC(N)=S)C(C)C. The second kappa shape index (κ2) is 6.60. The van der Waals surface area contributed by atoms with Gasteiger partial charge >= 0.3 is 0 Å². The minimum atomic E-state index is -3.77. The summed E-state index contributed by atoms with van der Waals surface area (Å²) in [6.07, 6.45) is 0.293. The van der Waals surface area contributed by atoms with Crippen LogP contribution in [-0.2, 0) is 10.0 Å². The van der Waals surface area contributed by atoms with E-state index in [-0.39, 0.29) is 22.5 Å². The molecule has 0 unspecified atom stereocenters. The van der Waals surface area contributed by atoms with Crippen molar-refractivity contribution in [1.82, 2.24) is 4.31 Å². The van der Waals surface area contributed by atoms with Crippen molar-refractivity contribution in [3.8, 4) is 0 Å². The van der Waals surface area contributed by atoms with Crippen molar-refractivity contribution in [1.29, 1.82) is 0 Å². The summed E-state index contributed by atoms with van der Waals surface area (Å²) in [6, 6.07) is 3.47. The van der Waals surface area contributed by atoms with E-state index in [4.69, 9.17) is 18.0 Å². The van der Waals surface area contributed by atoms with Gasteiger partial charge in [-0.15, -0.1) is 0 Å². The van der Waals surface area contributed by atoms with Crippen molar-refractivity contribution in [3.05, 3.63) is 29.6 Å². The fourth-order valence-electron chi connectivity index (χ4n) is 1.85. The zero-order valence-electron chi connectivity index (χ0n) is 11.8. The Bertz CT molecular complexity index is 600. The van der Waals surface area contributed by atoms with Gasteiger partial charge in [0.25, 0.3) is 0 Å². The van der Waals surface area contributed by atoms with Crippen LogP contribution >= 0.6 is 12.2 Å². The van der Waals surface area contributed by atoms with Crippen molar-refractivity contribution in [2.45, 2.75) is 38.1 Å². The van der Waals surface area contributed by atoms with Crippen LogP contribution in [0.5, 0.6) is 0 Å². The Morgan fingerprint density at radius 2 is 2.05 bits per heavy atom. The molecule has 0 amide bonds. The largest absolute Gasteiger partial charge is 0.393 e. The smallest absolute Gasteiger partial charge is 0.243 e. The Morgan fingerprint density at radius 3 is 2.55 bits per heavy atom. The molecule has 112 valence electrons. The fraction of sp³-hybridized carbons (Fsp3) is 0.462. The number of rotatable bonds is 6. The standard InChI is InChI=1S/C13H19FN2O2S2/c1-9(2)16(7-6-13(15)19)20(17,18)12-8-11(14)5-4-10(12)3/h4-5,8-9H,6-7H2,1-3H3,(H2,15,19). The molecular weight excluding hydrogens is 299 g/mol. The van der Waals surface area contributed by atoms with Crippen LogP contribution in [0, 0.1) is 12.7 Å². The summed E-state index contributed by atoms with van der Waals surface area (Å²) in [5, 5.41) is 0. The second-order valence-electron chi connectivity index (χ2n) is 4.84. The summed E-state index contributed by atoms with van der Waals surface area (Å²) in [5.74, 6) is -0.577. The highest BCUT2D eigenvalue weighted by molar-refractivity contribution is 7.89. The number of aryl methyl sites for hydroxylation is 1. The molecule has 7 heteroatoms. The Morgan fingerprint density at radius 1 is 1.45 bits per heavy atom. The molecule has 2 N–H and O–H groups in total. The Hall–Kier alpha value is -1.05. The third kappa shape index (κ3) is 3.97. The number of hydrogen-bond acceptors (Lipinski definition) is 3. The lowest BCUT2D eigenvalue weighted by molar-refractivity contribution is 0.362. The maximum absolute atomic E-state index is 13.3. The molecule has 0 atom stereocenters. The van der Waals surface area contributed by atoms with Gasteiger partial charge in [0.05, 0.1) is 9.88 Å². The highest BCUT2D eigenvalue weighted by Crippen LogP contribution is 2.23. The Labute approximate surface area is 124 Å². The monoisotopic (exact) mass is 318 g/mol. The van der Waals surface area contributed by atoms with E-state index in [0.29, 0.717) is 12.0 Å². The molecule has 0 saturated heterocycles. The van der Waals surface area contributed by atoms with E-state index in [1.54, 1.807) is 20.8 Å². The van der Waals surface area contributed by atoms with E-state index in [0.717, 1.165) is 6.07 Å². The first-order chi connectivity index (χ1) is 9.16. The maximum atomic E-state index is 13.3. The predicted molar refractivity (Wildman–Crippen MR) is 81.6 cm³/mol. The van der Waals surface area contributed by atoms with Crippen molar-refractivity contribution in [3.63, 3.8) is 0 Å². The van der Waals surface area contributed by atoms with Gasteiger partial charge in [0.1, 0.15) is 5.82 Å². The molecule has 0 aromatic heterocycles. The summed E-state index contributed by atoms with van der Waals surface area (Å²) >= 11 is 4.78. The van der Waals surface area contributed by atoms with Crippen molar-refractivity contribution in [2.24, 2.45) is 5.73 Å². The van der Waals surface area contributed by atoms with Gasteiger partial charge in [0.15, 0.2) is 0 Å². The van der Waals surface area contributed by atoms with Crippen molar-refractivity contribution < 1.29 is 12.8 Å². The number of halogens is 1. The van der Waals surface area contributed by atoms with E-state index in [1.165, 1.54) is 16.4 Å². The molecule has 1 rings (SSSR count). The lowest BCUT2D eigenvalue weighted by Gasteiger charge is -2.26. The molecule has 1 aromatic carbocycles. The average molecular weight is 318 g/mol. The predicted octanol–water partition coefficient (Wildman–Crippen LogP) is 2.21. The first kappa shape index (κ1) is 17.0. The molecule has 0 heterocycles. The fourth-order valence-corrected chi connectivity index (χ4v) is 3.82. The van der Waals surface area contributed by atoms with Crippen molar-refractivity contribution in [2.75, 3.05) is 6.54 Å². The normalized spacial score (nSPS) is 12.1. The van der Waals surface area contributed by atoms with E-state index in [1.807, 2.05) is 0 Å². The number of nitrogens with two attached hydrogens (primary N) is 1. The Balaban J connectivity index is 3.22. The van der Waals surface area contributed by atoms with Crippen molar-refractivity contribution >= 4 is 27.2 Å². The Kier molecular flexibility index (Phi) is 5.61. The van der Waals surface area contributed by atoms with Crippen LogP contribution in [0.1, 0.15) is 25.8 Å². The maximum Gasteiger partial charge on any atom is 0.243 e. The van der Waals surface area contributed by atoms with Gasteiger partial charge in [-0.2, -0.15) is 4.31 Å². The number of thiocarbonyl (C=S) groups is 1. The first-order valence-electron chi connectivity index (χ1n) is 6.22. The average Bonchev–Trinajstić information content (AvgIpc) is 2.31. The van der Waals surface area contributed by atoms with Crippen LogP contribution in [0.2, 0.25) is 0 Å². The molecule has 0 saturated carbocycles. The van der Waals surface area contributed by atoms with Gasteiger partial charge in [-0.05, 0) is 38.5 Å². The minimum Gasteiger partial charge on any atom is -0.393 e. The van der Waals surface area contributed by atoms with E-state index < -0.39 is 15.8 Å². The highest BCUT2D eigenvalue weighted by atomic mass is 32.2. The molecule has 1 aromatic rings. The van der Waals surface area contributed by atoms with Gasteiger partial charge in [-0.3, -0.25) is 0 Å². The molecule has 0 fully saturated rings. The lowest BCUT2D eigenvalue weighted by atomic mass is 10.2. The summed E-state index contributed by atoms with van der Waals surface area (Å²) in [6.45, 7) is 5.33. The van der Waals surface area contributed by atoms with Crippen LogP contribution in [0.4, 0.5) is 4.39 Å². The molecule has 0 radical (unpaired) electrons. The van der Waals surface area contributed by atoms with Crippen LogP contribution in [0.15, 0.2) is 23.1 Å².